The Morgan fingerprint density at radius 1 is 0.870 bits per heavy atom. The number of anilines is 2. The Bertz CT molecular complexity index is 677. The van der Waals surface area contributed by atoms with Crippen LogP contribution in [-0.2, 0) is 0 Å². The van der Waals surface area contributed by atoms with Crippen molar-refractivity contribution in [2.75, 3.05) is 25.7 Å². The molecule has 3 aromatic rings. The first-order valence-electron chi connectivity index (χ1n) is 6.69. The minimum Gasteiger partial charge on any atom is -0.495 e. The number of nitrogens with two attached hydrogens (primary N) is 2. The summed E-state index contributed by atoms with van der Waals surface area (Å²) in [6.07, 6.45) is 1.33. The number of aromatic amines is 1. The van der Waals surface area contributed by atoms with Gasteiger partial charge in [-0.1, -0.05) is 17.3 Å². The van der Waals surface area contributed by atoms with Crippen molar-refractivity contribution in [3.63, 3.8) is 0 Å². The topological polar surface area (TPSA) is 125 Å². The maximum atomic E-state index is 5.79. The molecule has 0 unspecified atom stereocenters. The van der Waals surface area contributed by atoms with Gasteiger partial charge < -0.3 is 20.9 Å². The highest BCUT2D eigenvalue weighted by atomic mass is 16.5. The van der Waals surface area contributed by atoms with Crippen LogP contribution < -0.4 is 20.9 Å². The number of rotatable bonds is 3. The van der Waals surface area contributed by atoms with Crippen LogP contribution in [-0.4, -0.2) is 34.8 Å². The molecule has 23 heavy (non-hydrogen) atoms. The van der Waals surface area contributed by atoms with Gasteiger partial charge in [-0.3, -0.25) is 0 Å². The van der Waals surface area contributed by atoms with Crippen LogP contribution in [0.4, 0.5) is 11.4 Å². The average Bonchev–Trinajstić information content (AvgIpc) is 3.16. The molecule has 8 heteroatoms. The number of benzene rings is 2. The molecule has 0 aliphatic heterocycles. The minimum absolute atomic E-state index is 0.615. The van der Waals surface area contributed by atoms with Gasteiger partial charge in [-0.25, -0.2) is 0 Å². The molecule has 0 spiro atoms. The van der Waals surface area contributed by atoms with E-state index in [1.54, 1.807) is 14.2 Å². The Morgan fingerprint density at radius 3 is 1.70 bits per heavy atom. The van der Waals surface area contributed by atoms with Gasteiger partial charge in [0, 0.05) is 0 Å². The third-order valence-electron chi connectivity index (χ3n) is 3.07. The fourth-order valence-corrected chi connectivity index (χ4v) is 1.91. The second-order valence-electron chi connectivity index (χ2n) is 4.47. The molecule has 0 saturated carbocycles. The third kappa shape index (κ3) is 4.10. The summed E-state index contributed by atoms with van der Waals surface area (Å²) in [6.45, 7) is 0. The molecule has 5 N–H and O–H groups in total. The van der Waals surface area contributed by atoms with Gasteiger partial charge >= 0.3 is 0 Å². The Hall–Kier alpha value is -3.29. The van der Waals surface area contributed by atoms with Gasteiger partial charge in [0.2, 0.25) is 0 Å². The van der Waals surface area contributed by atoms with Gasteiger partial charge in [0.15, 0.2) is 6.33 Å². The molecule has 1 heterocycles. The molecule has 0 amide bonds. The van der Waals surface area contributed by atoms with Crippen molar-refractivity contribution in [1.29, 1.82) is 0 Å². The Kier molecular flexibility index (Phi) is 5.35. The molecule has 0 saturated heterocycles. The number of H-pyrrole nitrogens is 1. The highest BCUT2D eigenvalue weighted by Gasteiger charge is 2.06. The highest BCUT2D eigenvalue weighted by Crippen LogP contribution is 2.32. The van der Waals surface area contributed by atoms with Crippen LogP contribution >= 0.6 is 0 Å². The van der Waals surface area contributed by atoms with Crippen LogP contribution in [0.3, 0.4) is 0 Å². The molecule has 0 radical (unpaired) electrons. The quantitative estimate of drug-likeness (QED) is 0.629. The third-order valence-corrected chi connectivity index (χ3v) is 3.07. The van der Waals surface area contributed by atoms with E-state index in [4.69, 9.17) is 20.9 Å². The van der Waals surface area contributed by atoms with Crippen LogP contribution in [0.2, 0.25) is 0 Å². The molecule has 2 aromatic carbocycles. The normalized spacial score (nSPS) is 9.65. The summed E-state index contributed by atoms with van der Waals surface area (Å²) in [7, 11) is 3.19. The summed E-state index contributed by atoms with van der Waals surface area (Å²) in [6, 6.07) is 11.3. The van der Waals surface area contributed by atoms with E-state index in [0.29, 0.717) is 22.9 Å². The van der Waals surface area contributed by atoms with E-state index in [1.165, 1.54) is 6.33 Å². The van der Waals surface area contributed by atoms with Crippen molar-refractivity contribution in [2.45, 2.75) is 0 Å². The van der Waals surface area contributed by atoms with Gasteiger partial charge in [-0.2, -0.15) is 5.21 Å². The number of tetrazole rings is 1. The number of nitrogens with one attached hydrogen (secondary N) is 1. The van der Waals surface area contributed by atoms with E-state index < -0.39 is 0 Å². The summed E-state index contributed by atoms with van der Waals surface area (Å²) < 4.78 is 10.4. The fourth-order valence-electron chi connectivity index (χ4n) is 1.91. The van der Waals surface area contributed by atoms with E-state index in [-0.39, 0.29) is 0 Å². The van der Waals surface area contributed by atoms with E-state index in [0.717, 1.165) is 11.1 Å². The number of nitrogens with zero attached hydrogens (tertiary/aromatic N) is 3. The van der Waals surface area contributed by atoms with Gasteiger partial charge in [0.1, 0.15) is 11.5 Å². The zero-order valence-corrected chi connectivity index (χ0v) is 12.9. The molecule has 0 atom stereocenters. The van der Waals surface area contributed by atoms with Crippen molar-refractivity contribution >= 4 is 11.4 Å². The summed E-state index contributed by atoms with van der Waals surface area (Å²) in [5.41, 5.74) is 14.8. The van der Waals surface area contributed by atoms with E-state index in [2.05, 4.69) is 20.6 Å². The highest BCUT2D eigenvalue weighted by molar-refractivity contribution is 5.73. The van der Waals surface area contributed by atoms with Gasteiger partial charge in [-0.05, 0) is 35.4 Å². The summed E-state index contributed by atoms with van der Waals surface area (Å²) in [5, 5.41) is 12.2. The predicted molar refractivity (Wildman–Crippen MR) is 88.0 cm³/mol. The number of methoxy groups -OCH3 is 2. The average molecular weight is 314 g/mol. The number of hydrogen-bond donors (Lipinski definition) is 3. The van der Waals surface area contributed by atoms with Gasteiger partial charge in [-0.15, -0.1) is 10.2 Å². The largest absolute Gasteiger partial charge is 0.495 e. The zero-order chi connectivity index (χ0) is 16.7. The van der Waals surface area contributed by atoms with E-state index in [1.807, 2.05) is 36.4 Å². The molecular formula is C15H18N6O2. The Morgan fingerprint density at radius 2 is 1.39 bits per heavy atom. The smallest absolute Gasteiger partial charge is 0.161 e. The van der Waals surface area contributed by atoms with Crippen molar-refractivity contribution in [3.8, 4) is 22.6 Å². The monoisotopic (exact) mass is 314 g/mol. The SMILES string of the molecule is COc1cc(-c2ccc(N)c(OC)c2)ccc1N.c1nn[nH]n1. The Labute approximate surface area is 133 Å². The van der Waals surface area contributed by atoms with Crippen LogP contribution in [0, 0.1) is 0 Å². The van der Waals surface area contributed by atoms with Crippen molar-refractivity contribution < 1.29 is 9.47 Å². The summed E-state index contributed by atoms with van der Waals surface area (Å²) >= 11 is 0. The number of ether oxygens (including phenoxy) is 2. The Balaban J connectivity index is 0.000000326. The maximum absolute atomic E-state index is 5.79. The second kappa shape index (κ2) is 7.64. The van der Waals surface area contributed by atoms with Crippen molar-refractivity contribution in [3.05, 3.63) is 42.7 Å². The fraction of sp³-hybridized carbons (Fsp3) is 0.133. The van der Waals surface area contributed by atoms with Crippen LogP contribution in [0.25, 0.3) is 11.1 Å². The van der Waals surface area contributed by atoms with Gasteiger partial charge in [0.05, 0.1) is 25.6 Å². The second-order valence-corrected chi connectivity index (χ2v) is 4.47. The molecular weight excluding hydrogens is 296 g/mol. The lowest BCUT2D eigenvalue weighted by Crippen LogP contribution is -1.94. The number of nitrogen functional groups attached to an aromatic ring is 2. The lowest BCUT2D eigenvalue weighted by atomic mass is 10.0. The lowest BCUT2D eigenvalue weighted by molar-refractivity contribution is 0.416. The standard InChI is InChI=1S/C14H16N2O2.CH2N4/c1-17-13-7-9(3-5-11(13)15)10-4-6-12(16)14(8-10)18-2;1-2-4-5-3-1/h3-8H,15-16H2,1-2H3;1H,(H,2,3,4,5). The molecule has 3 rings (SSSR count). The zero-order valence-electron chi connectivity index (χ0n) is 12.9. The molecule has 0 fully saturated rings. The van der Waals surface area contributed by atoms with E-state index >= 15 is 0 Å². The number of hydrogen-bond acceptors (Lipinski definition) is 7. The predicted octanol–water partition coefficient (Wildman–Crippen LogP) is 1.73. The van der Waals surface area contributed by atoms with E-state index in [9.17, 15) is 0 Å². The summed E-state index contributed by atoms with van der Waals surface area (Å²) in [4.78, 5) is 0. The first-order chi connectivity index (χ1) is 11.2. The molecule has 0 bridgehead atoms. The number of aromatic nitrogens is 4. The van der Waals surface area contributed by atoms with Crippen LogP contribution in [0.1, 0.15) is 0 Å². The lowest BCUT2D eigenvalue weighted by Gasteiger charge is -2.10. The molecule has 0 aliphatic rings. The van der Waals surface area contributed by atoms with Crippen LogP contribution in [0.5, 0.6) is 11.5 Å². The maximum Gasteiger partial charge on any atom is 0.161 e. The first-order valence-corrected chi connectivity index (χ1v) is 6.69. The minimum atomic E-state index is 0.615. The van der Waals surface area contributed by atoms with Crippen molar-refractivity contribution in [1.82, 2.24) is 20.6 Å². The molecule has 0 aliphatic carbocycles. The molecule has 120 valence electrons. The van der Waals surface area contributed by atoms with Crippen molar-refractivity contribution in [2.24, 2.45) is 0 Å². The van der Waals surface area contributed by atoms with Crippen LogP contribution in [0.15, 0.2) is 42.7 Å². The molecule has 1 aromatic heterocycles. The van der Waals surface area contributed by atoms with Gasteiger partial charge in [0.25, 0.3) is 0 Å². The first kappa shape index (κ1) is 16.1. The molecule has 8 nitrogen and oxygen atoms in total. The summed E-state index contributed by atoms with van der Waals surface area (Å²) in [5.74, 6) is 1.31.